The lowest BCUT2D eigenvalue weighted by Gasteiger charge is -2.48. The zero-order valence-electron chi connectivity index (χ0n) is 21.3. The van der Waals surface area contributed by atoms with E-state index in [1.807, 2.05) is 49.4 Å². The van der Waals surface area contributed by atoms with Crippen LogP contribution >= 0.6 is 0 Å². The van der Waals surface area contributed by atoms with Crippen molar-refractivity contribution in [2.24, 2.45) is 5.92 Å². The molecule has 13 heteroatoms. The van der Waals surface area contributed by atoms with Gasteiger partial charge in [-0.2, -0.15) is 0 Å². The topological polar surface area (TPSA) is 217 Å². The lowest BCUT2D eigenvalue weighted by Crippen LogP contribution is -2.77. The Morgan fingerprint density at radius 1 is 1.05 bits per heavy atom. The first kappa shape index (κ1) is 30.2. The predicted octanol–water partition coefficient (Wildman–Crippen LogP) is 0.399. The highest BCUT2D eigenvalue weighted by molar-refractivity contribution is 5.97. The highest BCUT2D eigenvalue weighted by atomic mass is 16.8. The molecule has 214 valence electrons. The number of fused-ring (bicyclic) bond motifs is 2. The molecule has 2 aliphatic heterocycles. The molecular formula is C26H32O13. The number of carbonyl (C=O) groups is 4. The van der Waals surface area contributed by atoms with E-state index in [-0.39, 0.29) is 18.8 Å². The average molecular weight is 553 g/mol. The summed E-state index contributed by atoms with van der Waals surface area (Å²) in [7, 11) is 0. The molecule has 6 N–H and O–H groups in total. The van der Waals surface area contributed by atoms with Gasteiger partial charge in [0.1, 0.15) is 18.3 Å². The number of carboxylic acid groups (broad SMARTS) is 3. The van der Waals surface area contributed by atoms with Crippen LogP contribution in [0.3, 0.4) is 0 Å². The molecule has 0 spiro atoms. The van der Waals surface area contributed by atoms with E-state index in [1.54, 1.807) is 0 Å². The van der Waals surface area contributed by atoms with Gasteiger partial charge in [-0.3, -0.25) is 4.79 Å². The van der Waals surface area contributed by atoms with Crippen molar-refractivity contribution in [1.29, 1.82) is 0 Å². The summed E-state index contributed by atoms with van der Waals surface area (Å²) in [5, 5.41) is 61.2. The van der Waals surface area contributed by atoms with E-state index in [1.165, 1.54) is 6.92 Å². The van der Waals surface area contributed by atoms with Gasteiger partial charge in [-0.05, 0) is 30.7 Å². The normalized spacial score (nSPS) is 33.4. The Morgan fingerprint density at radius 2 is 1.69 bits per heavy atom. The monoisotopic (exact) mass is 552 g/mol. The number of carboxylic acids is 3. The highest BCUT2D eigenvalue weighted by Crippen LogP contribution is 2.54. The van der Waals surface area contributed by atoms with E-state index in [0.29, 0.717) is 6.42 Å². The summed E-state index contributed by atoms with van der Waals surface area (Å²) < 4.78 is 16.0. The van der Waals surface area contributed by atoms with Gasteiger partial charge in [-0.25, -0.2) is 14.4 Å². The lowest BCUT2D eigenvalue weighted by molar-refractivity contribution is -0.374. The van der Waals surface area contributed by atoms with E-state index < -0.39 is 71.7 Å². The summed E-state index contributed by atoms with van der Waals surface area (Å²) >= 11 is 0. The van der Waals surface area contributed by atoms with Crippen molar-refractivity contribution in [3.05, 3.63) is 42.0 Å². The van der Waals surface area contributed by atoms with Gasteiger partial charge in [0.15, 0.2) is 5.79 Å². The molecular weight excluding hydrogens is 520 g/mol. The van der Waals surface area contributed by atoms with Gasteiger partial charge in [0.05, 0.1) is 0 Å². The van der Waals surface area contributed by atoms with E-state index >= 15 is 0 Å². The number of rotatable bonds is 12. The third kappa shape index (κ3) is 5.28. The fraction of sp³-hybridized carbons (Fsp3) is 0.538. The fourth-order valence-corrected chi connectivity index (χ4v) is 5.18. The molecule has 0 aliphatic carbocycles. The number of ether oxygens (including phenoxy) is 3. The van der Waals surface area contributed by atoms with Crippen LogP contribution in [0.4, 0.5) is 0 Å². The first-order chi connectivity index (χ1) is 18.2. The maximum Gasteiger partial charge on any atom is 0.343 e. The summed E-state index contributed by atoms with van der Waals surface area (Å²) in [4.78, 5) is 47.7. The standard InChI is InChI=1S/C26H32O13/c1-14(8-6-11-16-9-4-3-5-10-16)17(37-15(2)27)12-7-13-24-18(28)19(29)26(39-24,23(34)35)25(36,22(32)33)20(38-24)21(30)31/h3-6,9-11,14,17-20,28-29,36H,7-8,12-13H2,1-2H3,(H,30,31)(H,32,33)(H,34,35)/b11-6+. The molecule has 1 aromatic rings. The summed E-state index contributed by atoms with van der Waals surface area (Å²) in [6.07, 6.45) is -4.12. The number of hydrogen-bond donors (Lipinski definition) is 6. The summed E-state index contributed by atoms with van der Waals surface area (Å²) in [6, 6.07) is 9.50. The number of esters is 1. The number of aliphatic hydroxyl groups is 3. The Bertz CT molecular complexity index is 1120. The van der Waals surface area contributed by atoms with Crippen molar-refractivity contribution in [2.75, 3.05) is 0 Å². The van der Waals surface area contributed by atoms with Gasteiger partial charge >= 0.3 is 23.9 Å². The lowest BCUT2D eigenvalue weighted by atomic mass is 9.74. The number of carbonyl (C=O) groups excluding carboxylic acids is 1. The molecule has 2 bridgehead atoms. The zero-order valence-corrected chi connectivity index (χ0v) is 21.3. The number of aliphatic carboxylic acids is 3. The van der Waals surface area contributed by atoms with Crippen molar-refractivity contribution >= 4 is 30.0 Å². The fourth-order valence-electron chi connectivity index (χ4n) is 5.18. The minimum Gasteiger partial charge on any atom is -0.479 e. The maximum absolute atomic E-state index is 12.2. The average Bonchev–Trinajstić information content (AvgIpc) is 3.06. The third-order valence-corrected chi connectivity index (χ3v) is 7.21. The van der Waals surface area contributed by atoms with Crippen LogP contribution < -0.4 is 0 Å². The van der Waals surface area contributed by atoms with Crippen molar-refractivity contribution < 1.29 is 64.0 Å². The second-order valence-corrected chi connectivity index (χ2v) is 9.82. The van der Waals surface area contributed by atoms with Gasteiger partial charge < -0.3 is 44.8 Å². The first-order valence-electron chi connectivity index (χ1n) is 12.3. The van der Waals surface area contributed by atoms with Gasteiger partial charge in [-0.15, -0.1) is 0 Å². The Labute approximate surface area is 223 Å². The Morgan fingerprint density at radius 3 is 2.23 bits per heavy atom. The molecule has 13 nitrogen and oxygen atoms in total. The van der Waals surface area contributed by atoms with Crippen molar-refractivity contribution in [3.63, 3.8) is 0 Å². The van der Waals surface area contributed by atoms with Gasteiger partial charge in [0.2, 0.25) is 17.3 Å². The van der Waals surface area contributed by atoms with Gasteiger partial charge in [0, 0.05) is 13.3 Å². The molecule has 8 unspecified atom stereocenters. The number of allylic oxidation sites excluding steroid dienone is 1. The molecule has 2 saturated heterocycles. The van der Waals surface area contributed by atoms with Crippen LogP contribution in [0, 0.1) is 5.92 Å². The SMILES string of the molecule is CC(=O)OC(CCCC12OC(C(=O)O)C(O)(C(=O)O)C(C(=O)O)(O1)C(O)C2O)C(C)C/C=C/c1ccccc1. The van der Waals surface area contributed by atoms with E-state index in [9.17, 15) is 49.8 Å². The minimum atomic E-state index is -3.79. The van der Waals surface area contributed by atoms with Gasteiger partial charge in [0.25, 0.3) is 0 Å². The van der Waals surface area contributed by atoms with Crippen LogP contribution in [0.25, 0.3) is 6.08 Å². The maximum atomic E-state index is 12.2. The second kappa shape index (κ2) is 11.4. The van der Waals surface area contributed by atoms with Crippen LogP contribution in [-0.4, -0.2) is 95.9 Å². The molecule has 8 atom stereocenters. The number of hydrogen-bond acceptors (Lipinski definition) is 10. The Hall–Kier alpha value is -3.36. The molecule has 0 radical (unpaired) electrons. The molecule has 0 amide bonds. The summed E-state index contributed by atoms with van der Waals surface area (Å²) in [5.74, 6) is -9.82. The second-order valence-electron chi connectivity index (χ2n) is 9.82. The summed E-state index contributed by atoms with van der Waals surface area (Å²) in [5.41, 5.74) is -6.26. The van der Waals surface area contributed by atoms with E-state index in [0.717, 1.165) is 5.56 Å². The number of aliphatic hydroxyl groups excluding tert-OH is 2. The smallest absolute Gasteiger partial charge is 0.343 e. The molecule has 39 heavy (non-hydrogen) atoms. The zero-order chi connectivity index (χ0) is 29.2. The predicted molar refractivity (Wildman–Crippen MR) is 130 cm³/mol. The molecule has 0 saturated carbocycles. The van der Waals surface area contributed by atoms with Crippen molar-refractivity contribution in [2.45, 2.75) is 80.9 Å². The Balaban J connectivity index is 1.81. The third-order valence-electron chi connectivity index (χ3n) is 7.21. The molecule has 2 aliphatic rings. The van der Waals surface area contributed by atoms with Gasteiger partial charge in [-0.1, -0.05) is 49.4 Å². The van der Waals surface area contributed by atoms with Crippen molar-refractivity contribution in [1.82, 2.24) is 0 Å². The quantitative estimate of drug-likeness (QED) is 0.194. The van der Waals surface area contributed by atoms with Crippen LogP contribution in [0.5, 0.6) is 0 Å². The minimum absolute atomic E-state index is 0.00199. The Kier molecular flexibility index (Phi) is 8.82. The molecule has 1 aromatic carbocycles. The molecule has 0 aromatic heterocycles. The largest absolute Gasteiger partial charge is 0.479 e. The van der Waals surface area contributed by atoms with Crippen LogP contribution in [0.1, 0.15) is 45.1 Å². The highest BCUT2D eigenvalue weighted by Gasteiger charge is 2.84. The van der Waals surface area contributed by atoms with Crippen LogP contribution in [-0.2, 0) is 33.4 Å². The van der Waals surface area contributed by atoms with E-state index in [2.05, 4.69) is 0 Å². The molecule has 3 rings (SSSR count). The summed E-state index contributed by atoms with van der Waals surface area (Å²) in [6.45, 7) is 3.07. The van der Waals surface area contributed by atoms with Crippen molar-refractivity contribution in [3.8, 4) is 0 Å². The molecule has 2 fully saturated rings. The molecule has 2 heterocycles. The first-order valence-corrected chi connectivity index (χ1v) is 12.3. The van der Waals surface area contributed by atoms with Crippen LogP contribution in [0.15, 0.2) is 36.4 Å². The number of benzene rings is 1. The van der Waals surface area contributed by atoms with E-state index in [4.69, 9.17) is 14.2 Å². The van der Waals surface area contributed by atoms with Crippen LogP contribution in [0.2, 0.25) is 0 Å².